The number of rotatable bonds is 5. The monoisotopic (exact) mass is 488 g/mol. The number of carbonyl (C=O) groups is 1. The SMILES string of the molecule is Cc1cc2nn(-c3ccc(C(C)C)cc3)nc2cc1NC(=O)c1ccc(-c2ccc(F)c(Cl)c2)o1. The maximum absolute atomic E-state index is 13.4. The molecule has 0 fully saturated rings. The lowest BCUT2D eigenvalue weighted by molar-refractivity contribution is 0.0997. The van der Waals surface area contributed by atoms with Gasteiger partial charge in [-0.05, 0) is 78.6 Å². The predicted octanol–water partition coefficient (Wildman–Crippen LogP) is 7.16. The number of aromatic nitrogens is 3. The van der Waals surface area contributed by atoms with Gasteiger partial charge in [0.2, 0.25) is 0 Å². The standard InChI is InChI=1S/C27H22ClFN4O2/c1-15(2)17-4-7-19(8-5-17)33-31-23-12-16(3)22(14-24(23)32-33)30-27(34)26-11-10-25(35-26)18-6-9-21(29)20(28)13-18/h4-15H,1-3H3,(H,30,34). The van der Waals surface area contributed by atoms with Gasteiger partial charge < -0.3 is 9.73 Å². The molecule has 5 aromatic rings. The van der Waals surface area contributed by atoms with E-state index in [0.717, 1.165) is 16.8 Å². The topological polar surface area (TPSA) is 73.0 Å². The van der Waals surface area contributed by atoms with Crippen LogP contribution in [0.15, 0.2) is 71.1 Å². The zero-order chi connectivity index (χ0) is 24.7. The molecule has 0 aliphatic rings. The summed E-state index contributed by atoms with van der Waals surface area (Å²) in [5, 5.41) is 12.0. The molecule has 0 radical (unpaired) electrons. The second-order valence-electron chi connectivity index (χ2n) is 8.64. The molecule has 6 nitrogen and oxygen atoms in total. The fourth-order valence-corrected chi connectivity index (χ4v) is 3.94. The molecule has 0 aliphatic heterocycles. The van der Waals surface area contributed by atoms with Crippen molar-refractivity contribution in [3.05, 3.63) is 94.5 Å². The van der Waals surface area contributed by atoms with Crippen LogP contribution in [-0.2, 0) is 0 Å². The van der Waals surface area contributed by atoms with Crippen molar-refractivity contribution in [2.24, 2.45) is 0 Å². The average Bonchev–Trinajstić information content (AvgIpc) is 3.49. The molecule has 2 heterocycles. The molecule has 0 aliphatic carbocycles. The van der Waals surface area contributed by atoms with E-state index in [-0.39, 0.29) is 10.8 Å². The van der Waals surface area contributed by atoms with Crippen molar-refractivity contribution < 1.29 is 13.6 Å². The summed E-state index contributed by atoms with van der Waals surface area (Å²) in [5.74, 6) is 0.0460. The largest absolute Gasteiger partial charge is 0.451 e. The van der Waals surface area contributed by atoms with Crippen LogP contribution in [0.1, 0.15) is 41.4 Å². The molecule has 0 unspecified atom stereocenters. The van der Waals surface area contributed by atoms with Crippen LogP contribution in [0, 0.1) is 12.7 Å². The van der Waals surface area contributed by atoms with Gasteiger partial charge in [0.25, 0.3) is 5.91 Å². The minimum absolute atomic E-state index is 0.0160. The van der Waals surface area contributed by atoms with Crippen molar-refractivity contribution in [3.8, 4) is 17.0 Å². The van der Waals surface area contributed by atoms with Gasteiger partial charge >= 0.3 is 0 Å². The number of carbonyl (C=O) groups excluding carboxylic acids is 1. The average molecular weight is 489 g/mol. The van der Waals surface area contributed by atoms with Crippen LogP contribution >= 0.6 is 11.6 Å². The Morgan fingerprint density at radius 2 is 1.71 bits per heavy atom. The van der Waals surface area contributed by atoms with Gasteiger partial charge in [-0.15, -0.1) is 10.2 Å². The van der Waals surface area contributed by atoms with Gasteiger partial charge in [0.1, 0.15) is 22.6 Å². The first-order chi connectivity index (χ1) is 16.8. The summed E-state index contributed by atoms with van der Waals surface area (Å²) in [6.45, 7) is 6.19. The minimum atomic E-state index is -0.518. The van der Waals surface area contributed by atoms with Gasteiger partial charge in [-0.2, -0.15) is 4.80 Å². The zero-order valence-electron chi connectivity index (χ0n) is 19.3. The van der Waals surface area contributed by atoms with E-state index in [2.05, 4.69) is 41.5 Å². The number of benzene rings is 3. The second kappa shape index (κ2) is 9.00. The van der Waals surface area contributed by atoms with Crippen LogP contribution in [0.4, 0.5) is 10.1 Å². The number of nitrogens with one attached hydrogen (secondary N) is 1. The van der Waals surface area contributed by atoms with E-state index in [1.807, 2.05) is 25.1 Å². The van der Waals surface area contributed by atoms with E-state index in [1.54, 1.807) is 29.1 Å². The number of nitrogens with zero attached hydrogens (tertiary/aromatic N) is 3. The highest BCUT2D eigenvalue weighted by atomic mass is 35.5. The second-order valence-corrected chi connectivity index (χ2v) is 9.05. The van der Waals surface area contributed by atoms with Crippen LogP contribution in [0.25, 0.3) is 28.0 Å². The molecule has 2 aromatic heterocycles. The number of hydrogen-bond acceptors (Lipinski definition) is 4. The van der Waals surface area contributed by atoms with E-state index in [1.165, 1.54) is 17.7 Å². The molecular weight excluding hydrogens is 467 g/mol. The molecule has 0 bridgehead atoms. The molecule has 8 heteroatoms. The number of anilines is 1. The zero-order valence-corrected chi connectivity index (χ0v) is 20.1. The minimum Gasteiger partial charge on any atom is -0.451 e. The van der Waals surface area contributed by atoms with E-state index in [4.69, 9.17) is 16.0 Å². The van der Waals surface area contributed by atoms with Crippen LogP contribution < -0.4 is 5.32 Å². The quantitative estimate of drug-likeness (QED) is 0.285. The van der Waals surface area contributed by atoms with Crippen LogP contribution in [-0.4, -0.2) is 20.9 Å². The summed E-state index contributed by atoms with van der Waals surface area (Å²) in [7, 11) is 0. The fourth-order valence-electron chi connectivity index (χ4n) is 3.76. The van der Waals surface area contributed by atoms with Crippen LogP contribution in [0.3, 0.4) is 0 Å². The van der Waals surface area contributed by atoms with Crippen molar-refractivity contribution >= 4 is 34.2 Å². The number of furan rings is 1. The Kier molecular flexibility index (Phi) is 5.86. The summed E-state index contributed by atoms with van der Waals surface area (Å²) in [6, 6.07) is 19.3. The van der Waals surface area contributed by atoms with Crippen molar-refractivity contribution in [2.45, 2.75) is 26.7 Å². The molecule has 0 spiro atoms. The number of amides is 1. The third-order valence-corrected chi connectivity index (χ3v) is 6.09. The van der Waals surface area contributed by atoms with Crippen LogP contribution in [0.2, 0.25) is 5.02 Å². The van der Waals surface area contributed by atoms with Crippen LogP contribution in [0.5, 0.6) is 0 Å². The number of aryl methyl sites for hydroxylation is 1. The molecule has 0 atom stereocenters. The smallest absolute Gasteiger partial charge is 0.291 e. The molecule has 3 aromatic carbocycles. The predicted molar refractivity (Wildman–Crippen MR) is 135 cm³/mol. The van der Waals surface area contributed by atoms with Crippen molar-refractivity contribution in [1.29, 1.82) is 0 Å². The van der Waals surface area contributed by atoms with Gasteiger partial charge in [0.15, 0.2) is 5.76 Å². The summed E-state index contributed by atoms with van der Waals surface area (Å²) in [4.78, 5) is 14.4. The first-order valence-electron chi connectivity index (χ1n) is 11.1. The summed E-state index contributed by atoms with van der Waals surface area (Å²) >= 11 is 5.86. The third-order valence-electron chi connectivity index (χ3n) is 5.80. The lowest BCUT2D eigenvalue weighted by Crippen LogP contribution is -2.11. The molecule has 1 N–H and O–H groups in total. The summed E-state index contributed by atoms with van der Waals surface area (Å²) < 4.78 is 19.1. The third kappa shape index (κ3) is 4.55. The van der Waals surface area contributed by atoms with E-state index in [0.29, 0.717) is 28.4 Å². The Bertz CT molecular complexity index is 1550. The molecule has 0 saturated heterocycles. The highest BCUT2D eigenvalue weighted by molar-refractivity contribution is 6.31. The lowest BCUT2D eigenvalue weighted by Gasteiger charge is -2.06. The first-order valence-corrected chi connectivity index (χ1v) is 11.5. The van der Waals surface area contributed by atoms with Gasteiger partial charge in [-0.3, -0.25) is 4.79 Å². The Balaban J connectivity index is 1.38. The lowest BCUT2D eigenvalue weighted by atomic mass is 10.0. The normalized spacial score (nSPS) is 11.4. The van der Waals surface area contributed by atoms with E-state index >= 15 is 0 Å². The molecular formula is C27H22ClFN4O2. The number of fused-ring (bicyclic) bond motifs is 1. The summed E-state index contributed by atoms with van der Waals surface area (Å²) in [6.07, 6.45) is 0. The van der Waals surface area contributed by atoms with Gasteiger partial charge in [-0.1, -0.05) is 37.6 Å². The Morgan fingerprint density at radius 3 is 2.40 bits per heavy atom. The molecule has 35 heavy (non-hydrogen) atoms. The number of hydrogen-bond donors (Lipinski definition) is 1. The fraction of sp³-hybridized carbons (Fsp3) is 0.148. The molecule has 1 amide bonds. The first kappa shape index (κ1) is 22.8. The Hall–Kier alpha value is -3.97. The van der Waals surface area contributed by atoms with Crippen molar-refractivity contribution in [3.63, 3.8) is 0 Å². The maximum atomic E-state index is 13.4. The van der Waals surface area contributed by atoms with E-state index in [9.17, 15) is 9.18 Å². The Morgan fingerprint density at radius 1 is 1.00 bits per heavy atom. The number of halogens is 2. The Labute approximate surface area is 206 Å². The maximum Gasteiger partial charge on any atom is 0.291 e. The van der Waals surface area contributed by atoms with Gasteiger partial charge in [0, 0.05) is 11.3 Å². The van der Waals surface area contributed by atoms with E-state index < -0.39 is 11.7 Å². The molecule has 176 valence electrons. The molecule has 0 saturated carbocycles. The highest BCUT2D eigenvalue weighted by Crippen LogP contribution is 2.28. The molecule has 5 rings (SSSR count). The highest BCUT2D eigenvalue weighted by Gasteiger charge is 2.16. The van der Waals surface area contributed by atoms with Gasteiger partial charge in [0.05, 0.1) is 10.7 Å². The van der Waals surface area contributed by atoms with Gasteiger partial charge in [-0.25, -0.2) is 4.39 Å². The summed E-state index contributed by atoms with van der Waals surface area (Å²) in [5.41, 5.74) is 5.50. The van der Waals surface area contributed by atoms with Crippen molar-refractivity contribution in [1.82, 2.24) is 15.0 Å². The van der Waals surface area contributed by atoms with Crippen molar-refractivity contribution in [2.75, 3.05) is 5.32 Å².